The minimum absolute atomic E-state index is 0.448. The van der Waals surface area contributed by atoms with Gasteiger partial charge < -0.3 is 11.1 Å². The smallest absolute Gasteiger partial charge is 0.0750 e. The van der Waals surface area contributed by atoms with Crippen LogP contribution in [0, 0.1) is 11.3 Å². The molecule has 1 fully saturated rings. The van der Waals surface area contributed by atoms with Gasteiger partial charge in [-0.25, -0.2) is 0 Å². The van der Waals surface area contributed by atoms with E-state index in [1.54, 1.807) is 12.4 Å². The van der Waals surface area contributed by atoms with Crippen molar-refractivity contribution in [1.29, 1.82) is 0 Å². The molecule has 1 aromatic rings. The zero-order valence-corrected chi connectivity index (χ0v) is 13.5. The monoisotopic (exact) mass is 325 g/mol. The van der Waals surface area contributed by atoms with Crippen LogP contribution in [0.15, 0.2) is 16.9 Å². The maximum atomic E-state index is 6.00. The van der Waals surface area contributed by atoms with E-state index in [1.165, 1.54) is 32.1 Å². The number of nitrogens with one attached hydrogen (secondary N) is 1. The predicted octanol–water partition coefficient (Wildman–Crippen LogP) is 4.44. The third-order valence-electron chi connectivity index (χ3n) is 4.07. The molecule has 106 valence electrons. The zero-order valence-electron chi connectivity index (χ0n) is 11.9. The van der Waals surface area contributed by atoms with Crippen LogP contribution in [0.5, 0.6) is 0 Å². The number of rotatable bonds is 5. The average Bonchev–Trinajstić information content (AvgIpc) is 2.76. The predicted molar refractivity (Wildman–Crippen MR) is 85.2 cm³/mol. The van der Waals surface area contributed by atoms with Crippen LogP contribution in [0.2, 0.25) is 0 Å². The molecule has 3 N–H and O–H groups in total. The fourth-order valence-electron chi connectivity index (χ4n) is 3.36. The van der Waals surface area contributed by atoms with Crippen LogP contribution in [-0.4, -0.2) is 11.5 Å². The fraction of sp³-hybridized carbons (Fsp3) is 0.667. The van der Waals surface area contributed by atoms with Crippen molar-refractivity contribution in [2.45, 2.75) is 46.0 Å². The molecule has 1 heterocycles. The molecule has 0 atom stereocenters. The Balaban J connectivity index is 2.07. The van der Waals surface area contributed by atoms with Crippen molar-refractivity contribution < 1.29 is 0 Å². The summed E-state index contributed by atoms with van der Waals surface area (Å²) in [6.07, 6.45) is 10.2. The first-order chi connectivity index (χ1) is 9.02. The van der Waals surface area contributed by atoms with Crippen molar-refractivity contribution in [1.82, 2.24) is 4.98 Å². The molecule has 0 radical (unpaired) electrons. The molecular formula is C15H24BrN3. The number of nitrogens with zero attached hydrogens (tertiary/aromatic N) is 1. The summed E-state index contributed by atoms with van der Waals surface area (Å²) in [4.78, 5) is 4.08. The molecule has 0 bridgehead atoms. The highest BCUT2D eigenvalue weighted by Gasteiger charge is 2.34. The first kappa shape index (κ1) is 14.6. The first-order valence-corrected chi connectivity index (χ1v) is 7.95. The van der Waals surface area contributed by atoms with Crippen LogP contribution in [0.1, 0.15) is 46.0 Å². The second kappa shape index (κ2) is 6.12. The molecule has 0 aromatic carbocycles. The van der Waals surface area contributed by atoms with Crippen molar-refractivity contribution in [3.63, 3.8) is 0 Å². The Morgan fingerprint density at radius 1 is 1.37 bits per heavy atom. The molecule has 19 heavy (non-hydrogen) atoms. The molecule has 3 nitrogen and oxygen atoms in total. The quantitative estimate of drug-likeness (QED) is 0.841. The number of halogens is 1. The molecule has 2 rings (SSSR count). The van der Waals surface area contributed by atoms with Gasteiger partial charge in [0.1, 0.15) is 0 Å². The fourth-order valence-corrected chi connectivity index (χ4v) is 3.84. The Morgan fingerprint density at radius 3 is 2.63 bits per heavy atom. The Hall–Kier alpha value is -0.770. The molecule has 1 aliphatic carbocycles. The Morgan fingerprint density at radius 2 is 2.05 bits per heavy atom. The number of nitrogen functional groups attached to an aromatic ring is 1. The van der Waals surface area contributed by atoms with E-state index in [0.717, 1.165) is 22.6 Å². The Bertz CT molecular complexity index is 405. The molecular weight excluding hydrogens is 302 g/mol. The summed E-state index contributed by atoms with van der Waals surface area (Å²) in [6, 6.07) is 0. The number of nitrogens with two attached hydrogens (primary N) is 1. The van der Waals surface area contributed by atoms with Crippen LogP contribution in [-0.2, 0) is 0 Å². The van der Waals surface area contributed by atoms with E-state index in [0.29, 0.717) is 11.1 Å². The Labute approximate surface area is 124 Å². The van der Waals surface area contributed by atoms with Gasteiger partial charge in [0.2, 0.25) is 0 Å². The molecule has 1 saturated carbocycles. The molecule has 1 aromatic heterocycles. The minimum Gasteiger partial charge on any atom is -0.396 e. The number of pyridine rings is 1. The van der Waals surface area contributed by atoms with Crippen molar-refractivity contribution in [2.75, 3.05) is 17.6 Å². The first-order valence-electron chi connectivity index (χ1n) is 7.15. The van der Waals surface area contributed by atoms with E-state index in [9.17, 15) is 0 Å². The maximum Gasteiger partial charge on any atom is 0.0750 e. The van der Waals surface area contributed by atoms with Gasteiger partial charge in [0, 0.05) is 12.7 Å². The van der Waals surface area contributed by atoms with Crippen molar-refractivity contribution in [3.8, 4) is 0 Å². The van der Waals surface area contributed by atoms with Crippen molar-refractivity contribution in [3.05, 3.63) is 16.9 Å². The Kier molecular flexibility index (Phi) is 4.71. The van der Waals surface area contributed by atoms with E-state index in [1.807, 2.05) is 0 Å². The summed E-state index contributed by atoms with van der Waals surface area (Å²) >= 11 is 3.52. The second-order valence-electron chi connectivity index (χ2n) is 6.24. The van der Waals surface area contributed by atoms with Gasteiger partial charge in [-0.3, -0.25) is 4.98 Å². The van der Waals surface area contributed by atoms with Gasteiger partial charge in [-0.2, -0.15) is 0 Å². The summed E-state index contributed by atoms with van der Waals surface area (Å²) in [5, 5.41) is 3.56. The van der Waals surface area contributed by atoms with Gasteiger partial charge >= 0.3 is 0 Å². The lowest BCUT2D eigenvalue weighted by atomic mass is 9.78. The standard InChI is InChI=1S/C15H24BrN3/c1-11(2)7-15(5-3-4-6-15)10-19-14-12(16)8-18-9-13(14)17/h8-9,11H,3-7,10,17H2,1-2H3,(H,18,19). The highest BCUT2D eigenvalue weighted by molar-refractivity contribution is 9.10. The largest absolute Gasteiger partial charge is 0.396 e. The highest BCUT2D eigenvalue weighted by atomic mass is 79.9. The van der Waals surface area contributed by atoms with E-state index < -0.39 is 0 Å². The van der Waals surface area contributed by atoms with E-state index >= 15 is 0 Å². The number of hydrogen-bond donors (Lipinski definition) is 2. The average molecular weight is 326 g/mol. The lowest BCUT2D eigenvalue weighted by Gasteiger charge is -2.32. The zero-order chi connectivity index (χ0) is 13.9. The van der Waals surface area contributed by atoms with Gasteiger partial charge in [-0.15, -0.1) is 0 Å². The number of hydrogen-bond acceptors (Lipinski definition) is 3. The van der Waals surface area contributed by atoms with Gasteiger partial charge in [-0.05, 0) is 46.5 Å². The van der Waals surface area contributed by atoms with Crippen molar-refractivity contribution >= 4 is 27.3 Å². The van der Waals surface area contributed by atoms with Gasteiger partial charge in [0.15, 0.2) is 0 Å². The highest BCUT2D eigenvalue weighted by Crippen LogP contribution is 2.43. The van der Waals surface area contributed by atoms with Gasteiger partial charge in [0.05, 0.1) is 22.0 Å². The molecule has 0 spiro atoms. The van der Waals surface area contributed by atoms with E-state index in [2.05, 4.69) is 40.1 Å². The topological polar surface area (TPSA) is 50.9 Å². The van der Waals surface area contributed by atoms with Crippen LogP contribution in [0.25, 0.3) is 0 Å². The normalized spacial score (nSPS) is 17.9. The van der Waals surface area contributed by atoms with E-state index in [-0.39, 0.29) is 0 Å². The van der Waals surface area contributed by atoms with Crippen LogP contribution >= 0.6 is 15.9 Å². The molecule has 0 aliphatic heterocycles. The lowest BCUT2D eigenvalue weighted by Crippen LogP contribution is -2.28. The number of aromatic nitrogens is 1. The summed E-state index contributed by atoms with van der Waals surface area (Å²) in [5.74, 6) is 0.748. The number of anilines is 2. The second-order valence-corrected chi connectivity index (χ2v) is 7.10. The summed E-state index contributed by atoms with van der Waals surface area (Å²) in [5.41, 5.74) is 8.15. The molecule has 0 amide bonds. The summed E-state index contributed by atoms with van der Waals surface area (Å²) in [7, 11) is 0. The minimum atomic E-state index is 0.448. The third-order valence-corrected chi connectivity index (χ3v) is 4.68. The molecule has 4 heteroatoms. The lowest BCUT2D eigenvalue weighted by molar-refractivity contribution is 0.252. The molecule has 0 saturated heterocycles. The van der Waals surface area contributed by atoms with Gasteiger partial charge in [-0.1, -0.05) is 26.7 Å². The molecule has 0 unspecified atom stereocenters. The SMILES string of the molecule is CC(C)CC1(CNc2c(N)cncc2Br)CCCC1. The summed E-state index contributed by atoms with van der Waals surface area (Å²) in [6.45, 7) is 5.64. The summed E-state index contributed by atoms with van der Waals surface area (Å²) < 4.78 is 0.949. The van der Waals surface area contributed by atoms with Crippen molar-refractivity contribution in [2.24, 2.45) is 11.3 Å². The van der Waals surface area contributed by atoms with E-state index in [4.69, 9.17) is 5.73 Å². The third kappa shape index (κ3) is 3.62. The van der Waals surface area contributed by atoms with Crippen LogP contribution in [0.4, 0.5) is 11.4 Å². The molecule has 1 aliphatic rings. The van der Waals surface area contributed by atoms with Gasteiger partial charge in [0.25, 0.3) is 0 Å². The maximum absolute atomic E-state index is 6.00. The van der Waals surface area contributed by atoms with Crippen LogP contribution in [0.3, 0.4) is 0 Å². The van der Waals surface area contributed by atoms with Crippen LogP contribution < -0.4 is 11.1 Å².